The highest BCUT2D eigenvalue weighted by atomic mass is 19.1. The summed E-state index contributed by atoms with van der Waals surface area (Å²) < 4.78 is 19.2. The number of aromatic nitrogens is 2. The van der Waals surface area contributed by atoms with E-state index >= 15 is 0 Å². The van der Waals surface area contributed by atoms with Crippen molar-refractivity contribution < 1.29 is 18.8 Å². The summed E-state index contributed by atoms with van der Waals surface area (Å²) in [6, 6.07) is 15.7. The maximum absolute atomic E-state index is 13.9. The first-order valence-electron chi connectivity index (χ1n) is 9.89. The van der Waals surface area contributed by atoms with Crippen LogP contribution in [0.1, 0.15) is 28.7 Å². The molecule has 0 aliphatic rings. The van der Waals surface area contributed by atoms with Gasteiger partial charge in [-0.3, -0.25) is 14.9 Å². The Morgan fingerprint density at radius 2 is 2.00 bits per heavy atom. The number of imidazole rings is 1. The molecule has 0 radical (unpaired) electrons. The molecule has 1 heterocycles. The molecule has 0 aliphatic heterocycles. The Morgan fingerprint density at radius 3 is 2.75 bits per heavy atom. The average molecular weight is 434 g/mol. The summed E-state index contributed by atoms with van der Waals surface area (Å²) in [6.07, 6.45) is 0.304. The van der Waals surface area contributed by atoms with Crippen molar-refractivity contribution in [3.8, 4) is 5.75 Å². The fraction of sp³-hybridized carbons (Fsp3) is 0.130. The van der Waals surface area contributed by atoms with Gasteiger partial charge in [-0.2, -0.15) is 0 Å². The molecule has 2 N–H and O–H groups in total. The van der Waals surface area contributed by atoms with Gasteiger partial charge in [0.2, 0.25) is 0 Å². The van der Waals surface area contributed by atoms with E-state index in [0.29, 0.717) is 34.5 Å². The minimum absolute atomic E-state index is 0.107. The zero-order valence-corrected chi connectivity index (χ0v) is 17.1. The van der Waals surface area contributed by atoms with E-state index in [0.717, 1.165) is 0 Å². The topological polar surface area (TPSA) is 110 Å². The van der Waals surface area contributed by atoms with Crippen LogP contribution in [0.4, 0.5) is 15.8 Å². The number of amides is 1. The third-order valence-electron chi connectivity index (χ3n) is 4.82. The first kappa shape index (κ1) is 21.0. The van der Waals surface area contributed by atoms with Gasteiger partial charge in [0.25, 0.3) is 5.91 Å². The number of nitrogens with zero attached hydrogens (tertiary/aromatic N) is 2. The Labute approximate surface area is 182 Å². The van der Waals surface area contributed by atoms with Gasteiger partial charge in [-0.15, -0.1) is 0 Å². The average Bonchev–Trinajstić information content (AvgIpc) is 3.17. The van der Waals surface area contributed by atoms with Crippen LogP contribution in [0.25, 0.3) is 11.0 Å². The molecule has 9 heteroatoms. The molecular formula is C23H19FN4O4. The number of ether oxygens (including phenoxy) is 1. The Hall–Kier alpha value is -4.27. The van der Waals surface area contributed by atoms with Crippen LogP contribution in [-0.4, -0.2) is 27.4 Å². The second-order valence-electron chi connectivity index (χ2n) is 7.01. The number of carbonyl (C=O) groups excluding carboxylic acids is 1. The number of aromatic amines is 1. The number of nitro benzene ring substituents is 1. The molecule has 0 bridgehead atoms. The second kappa shape index (κ2) is 8.84. The lowest BCUT2D eigenvalue weighted by molar-refractivity contribution is -0.385. The van der Waals surface area contributed by atoms with Crippen molar-refractivity contribution in [2.45, 2.75) is 13.3 Å². The van der Waals surface area contributed by atoms with Gasteiger partial charge >= 0.3 is 5.69 Å². The maximum atomic E-state index is 13.9. The van der Waals surface area contributed by atoms with Crippen molar-refractivity contribution in [2.24, 2.45) is 0 Å². The smallest absolute Gasteiger partial charge is 0.311 e. The van der Waals surface area contributed by atoms with E-state index in [2.05, 4.69) is 15.3 Å². The first-order valence-corrected chi connectivity index (χ1v) is 9.89. The standard InChI is InChI=1S/C23H19FN4O4/c1-2-32-21-10-7-15(11-20(21)28(30)31)23(29)25-16-8-9-18-19(13-16)27-22(26-18)12-14-5-3-4-6-17(14)24/h3-11,13H,2,12H2,1H3,(H,25,29)(H,26,27). The van der Waals surface area contributed by atoms with Crippen molar-refractivity contribution in [1.29, 1.82) is 0 Å². The normalized spacial score (nSPS) is 10.8. The molecule has 0 unspecified atom stereocenters. The Bertz CT molecular complexity index is 1320. The first-order chi connectivity index (χ1) is 15.4. The summed E-state index contributed by atoms with van der Waals surface area (Å²) in [6.45, 7) is 1.99. The molecule has 1 amide bonds. The number of nitro groups is 1. The van der Waals surface area contributed by atoms with E-state index in [1.165, 1.54) is 24.3 Å². The van der Waals surface area contributed by atoms with Crippen LogP contribution in [0, 0.1) is 15.9 Å². The lowest BCUT2D eigenvalue weighted by Gasteiger charge is -2.08. The maximum Gasteiger partial charge on any atom is 0.311 e. The van der Waals surface area contributed by atoms with Crippen LogP contribution >= 0.6 is 0 Å². The molecular weight excluding hydrogens is 415 g/mol. The number of rotatable bonds is 7. The van der Waals surface area contributed by atoms with Gasteiger partial charge in [0.15, 0.2) is 5.75 Å². The van der Waals surface area contributed by atoms with E-state index in [1.807, 2.05) is 0 Å². The fourth-order valence-electron chi connectivity index (χ4n) is 3.33. The van der Waals surface area contributed by atoms with E-state index in [4.69, 9.17) is 4.74 Å². The number of benzene rings is 3. The second-order valence-corrected chi connectivity index (χ2v) is 7.01. The minimum atomic E-state index is -0.588. The summed E-state index contributed by atoms with van der Waals surface area (Å²) in [4.78, 5) is 30.9. The number of hydrogen-bond acceptors (Lipinski definition) is 5. The molecule has 0 spiro atoms. The zero-order chi connectivity index (χ0) is 22.7. The van der Waals surface area contributed by atoms with E-state index in [9.17, 15) is 19.3 Å². The van der Waals surface area contributed by atoms with E-state index in [-0.39, 0.29) is 29.4 Å². The highest BCUT2D eigenvalue weighted by Crippen LogP contribution is 2.28. The zero-order valence-electron chi connectivity index (χ0n) is 17.1. The third kappa shape index (κ3) is 4.41. The molecule has 1 aromatic heterocycles. The van der Waals surface area contributed by atoms with Crippen LogP contribution in [0.5, 0.6) is 5.75 Å². The van der Waals surface area contributed by atoms with E-state index in [1.54, 1.807) is 43.3 Å². The number of nitrogens with one attached hydrogen (secondary N) is 2. The molecule has 162 valence electrons. The van der Waals surface area contributed by atoms with Gasteiger partial charge in [0.05, 0.1) is 22.6 Å². The molecule has 0 saturated carbocycles. The van der Waals surface area contributed by atoms with Crippen LogP contribution in [0.2, 0.25) is 0 Å². The lowest BCUT2D eigenvalue weighted by atomic mass is 10.1. The Balaban J connectivity index is 1.54. The summed E-state index contributed by atoms with van der Waals surface area (Å²) in [5, 5.41) is 14.0. The van der Waals surface area contributed by atoms with Crippen molar-refractivity contribution in [3.63, 3.8) is 0 Å². The number of carbonyl (C=O) groups is 1. The Morgan fingerprint density at radius 1 is 1.19 bits per heavy atom. The van der Waals surface area contributed by atoms with Crippen LogP contribution in [0.3, 0.4) is 0 Å². The molecule has 4 aromatic rings. The van der Waals surface area contributed by atoms with Gasteiger partial charge in [0, 0.05) is 23.7 Å². The molecule has 32 heavy (non-hydrogen) atoms. The Kier molecular flexibility index (Phi) is 5.80. The lowest BCUT2D eigenvalue weighted by Crippen LogP contribution is -2.12. The predicted octanol–water partition coefficient (Wildman–Crippen LogP) is 4.85. The van der Waals surface area contributed by atoms with Crippen LogP contribution in [-0.2, 0) is 6.42 Å². The molecule has 0 aliphatic carbocycles. The minimum Gasteiger partial charge on any atom is -0.487 e. The molecule has 0 saturated heterocycles. The van der Waals surface area contributed by atoms with E-state index < -0.39 is 10.8 Å². The highest BCUT2D eigenvalue weighted by Gasteiger charge is 2.19. The third-order valence-corrected chi connectivity index (χ3v) is 4.82. The number of H-pyrrole nitrogens is 1. The molecule has 3 aromatic carbocycles. The molecule has 0 atom stereocenters. The summed E-state index contributed by atoms with van der Waals surface area (Å²) in [5.74, 6) is -0.0991. The number of anilines is 1. The molecule has 8 nitrogen and oxygen atoms in total. The monoisotopic (exact) mass is 434 g/mol. The molecule has 4 rings (SSSR count). The number of halogens is 1. The van der Waals surface area contributed by atoms with Gasteiger partial charge < -0.3 is 15.0 Å². The highest BCUT2D eigenvalue weighted by molar-refractivity contribution is 6.05. The van der Waals surface area contributed by atoms with Gasteiger partial charge in [0.1, 0.15) is 11.6 Å². The number of fused-ring (bicyclic) bond motifs is 1. The summed E-state index contributed by atoms with van der Waals surface area (Å²) in [7, 11) is 0. The SMILES string of the molecule is CCOc1ccc(C(=O)Nc2ccc3nc(Cc4ccccc4F)[nH]c3c2)cc1[N+](=O)[O-]. The summed E-state index contributed by atoms with van der Waals surface area (Å²) in [5.41, 5.74) is 2.21. The van der Waals surface area contributed by atoms with Crippen LogP contribution in [0.15, 0.2) is 60.7 Å². The van der Waals surface area contributed by atoms with Crippen LogP contribution < -0.4 is 10.1 Å². The van der Waals surface area contributed by atoms with Gasteiger partial charge in [-0.1, -0.05) is 18.2 Å². The predicted molar refractivity (Wildman–Crippen MR) is 118 cm³/mol. The molecule has 0 fully saturated rings. The van der Waals surface area contributed by atoms with Crippen molar-refractivity contribution >= 4 is 28.3 Å². The summed E-state index contributed by atoms with van der Waals surface area (Å²) >= 11 is 0. The van der Waals surface area contributed by atoms with Crippen molar-refractivity contribution in [2.75, 3.05) is 11.9 Å². The quantitative estimate of drug-likeness (QED) is 0.319. The number of hydrogen-bond donors (Lipinski definition) is 2. The van der Waals surface area contributed by atoms with Crippen molar-refractivity contribution in [3.05, 3.63) is 93.5 Å². The van der Waals surface area contributed by atoms with Gasteiger partial charge in [-0.05, 0) is 48.9 Å². The van der Waals surface area contributed by atoms with Gasteiger partial charge in [-0.25, -0.2) is 9.37 Å². The fourth-order valence-corrected chi connectivity index (χ4v) is 3.33. The largest absolute Gasteiger partial charge is 0.487 e. The van der Waals surface area contributed by atoms with Crippen molar-refractivity contribution in [1.82, 2.24) is 9.97 Å².